The maximum absolute atomic E-state index is 6.23. The summed E-state index contributed by atoms with van der Waals surface area (Å²) >= 11 is 7.69. The number of hydrogen-bond acceptors (Lipinski definition) is 4. The van der Waals surface area contributed by atoms with Crippen LogP contribution in [0, 0.1) is 5.92 Å². The Kier molecular flexibility index (Phi) is 5.49. The topological polar surface area (TPSA) is 54.0 Å². The van der Waals surface area contributed by atoms with Crippen LogP contribution in [0.4, 0.5) is 5.69 Å². The van der Waals surface area contributed by atoms with Crippen LogP contribution in [-0.2, 0) is 0 Å². The summed E-state index contributed by atoms with van der Waals surface area (Å²) in [6.07, 6.45) is 6.74. The molecular formula is C17H23ClN4S. The molecule has 4 nitrogen and oxygen atoms in total. The molecule has 2 N–H and O–H groups in total. The first-order valence-electron chi connectivity index (χ1n) is 8.21. The summed E-state index contributed by atoms with van der Waals surface area (Å²) in [4.78, 5) is 4.52. The van der Waals surface area contributed by atoms with Crippen LogP contribution in [0.15, 0.2) is 34.4 Å². The van der Waals surface area contributed by atoms with Gasteiger partial charge in [0.05, 0.1) is 17.9 Å². The smallest absolute Gasteiger partial charge is 0.123 e. The number of rotatable bonds is 4. The lowest BCUT2D eigenvalue weighted by molar-refractivity contribution is 0.299. The van der Waals surface area contributed by atoms with Crippen molar-refractivity contribution in [3.63, 3.8) is 0 Å². The van der Waals surface area contributed by atoms with E-state index in [9.17, 15) is 0 Å². The van der Waals surface area contributed by atoms with Crippen LogP contribution in [0.1, 0.15) is 39.0 Å². The number of amidine groups is 1. The molecule has 124 valence electrons. The van der Waals surface area contributed by atoms with Crippen molar-refractivity contribution in [1.29, 1.82) is 0 Å². The van der Waals surface area contributed by atoms with Crippen molar-refractivity contribution in [3.8, 4) is 0 Å². The first-order valence-corrected chi connectivity index (χ1v) is 9.42. The molecule has 1 fully saturated rings. The first-order chi connectivity index (χ1) is 11.1. The standard InChI is InChI=1S/C17H23ClN4S/c1-12-16(17(19)20-15-9-5-8-14(18)10-15)23-22(21-12)11-13-6-3-2-4-7-13/h5,8-10,13,16H,2-4,6-7,11H2,1H3,(H2,19,20). The van der Waals surface area contributed by atoms with Gasteiger partial charge in [-0.3, -0.25) is 0 Å². The Morgan fingerprint density at radius 2 is 2.17 bits per heavy atom. The Bertz CT molecular complexity index is 610. The Labute approximate surface area is 147 Å². The molecule has 1 heterocycles. The molecule has 0 bridgehead atoms. The van der Waals surface area contributed by atoms with Crippen LogP contribution >= 0.6 is 23.5 Å². The highest BCUT2D eigenvalue weighted by Gasteiger charge is 2.29. The quantitative estimate of drug-likeness (QED) is 0.489. The number of aliphatic imine (C=N–C) groups is 1. The fourth-order valence-corrected chi connectivity index (χ4v) is 4.41. The molecule has 1 aliphatic heterocycles. The highest BCUT2D eigenvalue weighted by Crippen LogP contribution is 2.32. The van der Waals surface area contributed by atoms with Crippen molar-refractivity contribution in [2.45, 2.75) is 44.3 Å². The van der Waals surface area contributed by atoms with E-state index < -0.39 is 0 Å². The number of nitrogens with two attached hydrogens (primary N) is 1. The van der Waals surface area contributed by atoms with E-state index in [1.165, 1.54) is 32.1 Å². The minimum atomic E-state index is 0.0255. The maximum Gasteiger partial charge on any atom is 0.123 e. The molecule has 1 atom stereocenters. The fraction of sp³-hybridized carbons (Fsp3) is 0.529. The van der Waals surface area contributed by atoms with Gasteiger partial charge in [0.25, 0.3) is 0 Å². The molecule has 0 amide bonds. The van der Waals surface area contributed by atoms with E-state index in [1.54, 1.807) is 11.9 Å². The molecule has 1 unspecified atom stereocenters. The van der Waals surface area contributed by atoms with Crippen LogP contribution in [-0.4, -0.2) is 27.8 Å². The molecule has 0 radical (unpaired) electrons. The fourth-order valence-electron chi connectivity index (χ4n) is 3.15. The van der Waals surface area contributed by atoms with Crippen LogP contribution in [0.3, 0.4) is 0 Å². The van der Waals surface area contributed by atoms with Crippen LogP contribution in [0.5, 0.6) is 0 Å². The van der Waals surface area contributed by atoms with Gasteiger partial charge in [-0.15, -0.1) is 0 Å². The summed E-state index contributed by atoms with van der Waals surface area (Å²) in [7, 11) is 0. The van der Waals surface area contributed by atoms with Gasteiger partial charge in [0.2, 0.25) is 0 Å². The summed E-state index contributed by atoms with van der Waals surface area (Å²) in [5.41, 5.74) is 8.03. The summed E-state index contributed by atoms with van der Waals surface area (Å²) in [6, 6.07) is 7.44. The minimum absolute atomic E-state index is 0.0255. The van der Waals surface area contributed by atoms with E-state index in [0.29, 0.717) is 10.9 Å². The molecule has 0 saturated heterocycles. The van der Waals surface area contributed by atoms with Gasteiger partial charge in [0.1, 0.15) is 11.1 Å². The van der Waals surface area contributed by atoms with Gasteiger partial charge in [0, 0.05) is 5.02 Å². The highest BCUT2D eigenvalue weighted by atomic mass is 35.5. The molecule has 23 heavy (non-hydrogen) atoms. The lowest BCUT2D eigenvalue weighted by Crippen LogP contribution is -2.30. The molecule has 1 aliphatic carbocycles. The average Bonchev–Trinajstić information content (AvgIpc) is 2.89. The van der Waals surface area contributed by atoms with Gasteiger partial charge in [0.15, 0.2) is 0 Å². The van der Waals surface area contributed by atoms with Gasteiger partial charge < -0.3 is 5.73 Å². The summed E-state index contributed by atoms with van der Waals surface area (Å²) in [5.74, 6) is 1.35. The largest absolute Gasteiger partial charge is 0.386 e. The van der Waals surface area contributed by atoms with E-state index in [2.05, 4.69) is 14.5 Å². The number of halogens is 1. The zero-order valence-corrected chi connectivity index (χ0v) is 15.0. The first kappa shape index (κ1) is 16.7. The molecule has 1 aromatic carbocycles. The van der Waals surface area contributed by atoms with E-state index in [-0.39, 0.29) is 5.25 Å². The Hall–Kier alpha value is -1.20. The highest BCUT2D eigenvalue weighted by molar-refractivity contribution is 7.99. The monoisotopic (exact) mass is 350 g/mol. The van der Waals surface area contributed by atoms with Crippen LogP contribution in [0.2, 0.25) is 5.02 Å². The zero-order chi connectivity index (χ0) is 16.2. The van der Waals surface area contributed by atoms with Gasteiger partial charge in [-0.2, -0.15) is 5.10 Å². The third-order valence-electron chi connectivity index (χ3n) is 4.35. The summed E-state index contributed by atoms with van der Waals surface area (Å²) in [6.45, 7) is 3.04. The Balaban J connectivity index is 1.63. The van der Waals surface area contributed by atoms with Crippen molar-refractivity contribution in [3.05, 3.63) is 29.3 Å². The minimum Gasteiger partial charge on any atom is -0.386 e. The van der Waals surface area contributed by atoms with E-state index in [1.807, 2.05) is 31.2 Å². The molecule has 0 spiro atoms. The number of nitrogens with zero attached hydrogens (tertiary/aromatic N) is 3. The number of benzene rings is 1. The molecule has 1 saturated carbocycles. The van der Waals surface area contributed by atoms with Crippen LogP contribution in [0.25, 0.3) is 0 Å². The number of hydrogen-bond donors (Lipinski definition) is 1. The van der Waals surface area contributed by atoms with E-state index in [4.69, 9.17) is 17.3 Å². The maximum atomic E-state index is 6.23. The predicted octanol–water partition coefficient (Wildman–Crippen LogP) is 4.62. The SMILES string of the molecule is CC1=NN(CC2CCCCC2)SC1C(N)=Nc1cccc(Cl)c1. The summed E-state index contributed by atoms with van der Waals surface area (Å²) in [5, 5.41) is 5.36. The van der Waals surface area contributed by atoms with Gasteiger partial charge in [-0.1, -0.05) is 36.9 Å². The second-order valence-corrected chi connectivity index (χ2v) is 7.82. The van der Waals surface area contributed by atoms with E-state index in [0.717, 1.165) is 23.9 Å². The lowest BCUT2D eigenvalue weighted by Gasteiger charge is -2.25. The van der Waals surface area contributed by atoms with Gasteiger partial charge >= 0.3 is 0 Å². The molecule has 3 rings (SSSR count). The van der Waals surface area contributed by atoms with Crippen molar-refractivity contribution in [2.75, 3.05) is 6.54 Å². The zero-order valence-electron chi connectivity index (χ0n) is 13.4. The van der Waals surface area contributed by atoms with Crippen LogP contribution < -0.4 is 5.73 Å². The molecule has 1 aromatic rings. The van der Waals surface area contributed by atoms with Crippen molar-refractivity contribution < 1.29 is 0 Å². The Morgan fingerprint density at radius 3 is 2.91 bits per heavy atom. The molecule has 6 heteroatoms. The van der Waals surface area contributed by atoms with Crippen molar-refractivity contribution >= 4 is 40.8 Å². The van der Waals surface area contributed by atoms with Gasteiger partial charge in [-0.05, 0) is 55.8 Å². The molecule has 2 aliphatic rings. The van der Waals surface area contributed by atoms with E-state index >= 15 is 0 Å². The van der Waals surface area contributed by atoms with Gasteiger partial charge in [-0.25, -0.2) is 9.41 Å². The third-order valence-corrected chi connectivity index (χ3v) is 5.85. The average molecular weight is 351 g/mol. The number of hydrazone groups is 1. The second kappa shape index (κ2) is 7.58. The second-order valence-electron chi connectivity index (χ2n) is 6.28. The normalized spacial score (nSPS) is 23.2. The summed E-state index contributed by atoms with van der Waals surface area (Å²) < 4.78 is 2.11. The van der Waals surface area contributed by atoms with Crippen molar-refractivity contribution in [1.82, 2.24) is 4.41 Å². The van der Waals surface area contributed by atoms with Crippen molar-refractivity contribution in [2.24, 2.45) is 21.7 Å². The predicted molar refractivity (Wildman–Crippen MR) is 101 cm³/mol. The lowest BCUT2D eigenvalue weighted by atomic mass is 9.89. The molecular weight excluding hydrogens is 328 g/mol. The molecule has 0 aromatic heterocycles. The Morgan fingerprint density at radius 1 is 1.39 bits per heavy atom. The third kappa shape index (κ3) is 4.42.